The van der Waals surface area contributed by atoms with Crippen molar-refractivity contribution in [2.75, 3.05) is 13.1 Å². The number of unbranched alkanes of at least 4 members (excludes halogenated alkanes) is 3. The second-order valence-corrected chi connectivity index (χ2v) is 10.9. The number of allylic oxidation sites excluding steroid dienone is 8. The maximum atomic E-state index is 11.7. The third kappa shape index (κ3) is 31.0. The van der Waals surface area contributed by atoms with Crippen LogP contribution in [-0.2, 0) is 14.4 Å². The van der Waals surface area contributed by atoms with Gasteiger partial charge in [0.15, 0.2) is 0 Å². The van der Waals surface area contributed by atoms with Crippen LogP contribution in [0.3, 0.4) is 0 Å². The Morgan fingerprint density at radius 1 is 0.766 bits per heavy atom. The molecule has 0 unspecified atom stereocenters. The molecule has 12 heteroatoms. The highest BCUT2D eigenvalue weighted by atomic mass is 16.4. The van der Waals surface area contributed by atoms with E-state index in [0.29, 0.717) is 44.9 Å². The van der Waals surface area contributed by atoms with Gasteiger partial charge in [0, 0.05) is 5.97 Å². The number of nitrogens with two attached hydrogens (primary N) is 1. The molecule has 0 heterocycles. The van der Waals surface area contributed by atoms with E-state index in [9.17, 15) is 39.9 Å². The van der Waals surface area contributed by atoms with Crippen molar-refractivity contribution >= 4 is 17.8 Å². The molecule has 0 aromatic carbocycles. The second-order valence-electron chi connectivity index (χ2n) is 10.9. The van der Waals surface area contributed by atoms with Crippen molar-refractivity contribution < 1.29 is 51.4 Å². The van der Waals surface area contributed by atoms with Gasteiger partial charge in [-0.15, -0.1) is 0 Å². The standard InChI is InChI=1S/C23H34O5.C12H26N4O3/c1-2-3-10-17-21(25)22(26)18-13-7-5-4-6-11-15-20(24)16-12-8-9-14-19-23(27)28;13-7-3-1-5-9(15)11(17)16-10(12(18)19)6-2-4-8-14/h3-8,10-13,15,18,20-22,24-26H,2,9,14,16-17,19H2,1H3,(H,27,28);9-10H,1-8,13-15H2,(H,16,17)(H,18,19)/b6-4-,7-5+,10-3-,12-8-,15-11+,18-13+;/t20-,21+,22-;9-,10-/m10/s1. The molecule has 12 nitrogen and oxygen atoms in total. The molecule has 0 aliphatic heterocycles. The van der Waals surface area contributed by atoms with Crippen LogP contribution in [0.15, 0.2) is 72.9 Å². The van der Waals surface area contributed by atoms with Gasteiger partial charge >= 0.3 is 0 Å². The zero-order valence-corrected chi connectivity index (χ0v) is 28.1. The van der Waals surface area contributed by atoms with Crippen LogP contribution in [0.25, 0.3) is 0 Å². The van der Waals surface area contributed by atoms with Crippen LogP contribution in [0.1, 0.15) is 84.0 Å². The summed E-state index contributed by atoms with van der Waals surface area (Å²) in [4.78, 5) is 32.9. The van der Waals surface area contributed by atoms with Crippen LogP contribution in [0.5, 0.6) is 0 Å². The maximum Gasteiger partial charge on any atom is 0.237 e. The highest BCUT2D eigenvalue weighted by Gasteiger charge is 2.18. The number of aliphatic hydroxyl groups excluding tert-OH is 3. The second kappa shape index (κ2) is 32.5. The summed E-state index contributed by atoms with van der Waals surface area (Å²) >= 11 is 0. The number of hydrogen-bond donors (Lipinski definition) is 7. The quantitative estimate of drug-likeness (QED) is 0.0336. The van der Waals surface area contributed by atoms with Crippen LogP contribution in [0.2, 0.25) is 0 Å². The molecule has 0 radical (unpaired) electrons. The van der Waals surface area contributed by atoms with Gasteiger partial charge in [0.2, 0.25) is 5.91 Å². The number of amides is 1. The number of carbonyl (C=O) groups excluding carboxylic acids is 3. The minimum Gasteiger partial charge on any atom is -0.550 e. The number of quaternary nitrogens is 2. The summed E-state index contributed by atoms with van der Waals surface area (Å²) in [6.07, 6.45) is 26.1. The molecule has 0 aliphatic rings. The molecular formula is C35H60N4O8. The largest absolute Gasteiger partial charge is 0.550 e. The molecule has 0 aromatic heterocycles. The molecule has 0 aromatic rings. The summed E-state index contributed by atoms with van der Waals surface area (Å²) in [7, 11) is 0. The Hall–Kier alpha value is -3.39. The first-order valence-electron chi connectivity index (χ1n) is 16.6. The molecule has 0 rings (SSSR count). The van der Waals surface area contributed by atoms with Crippen molar-refractivity contribution in [1.29, 1.82) is 0 Å². The lowest BCUT2D eigenvalue weighted by Gasteiger charge is -2.21. The number of hydrogen-bond acceptors (Lipinski definition) is 9. The third-order valence-corrected chi connectivity index (χ3v) is 6.61. The van der Waals surface area contributed by atoms with E-state index in [-0.39, 0.29) is 6.42 Å². The molecule has 0 saturated heterocycles. The SMILES string of the molecule is CC/C=C\C[C@H](O)[C@H](O)/C=C/C=C/C=C\C=C\[C@@H](O)C/C=C\CCCC(=O)[O-].N[C@@H](CCCC[NH3+])C(=O)N[C@@H](CCCC[NH3+])C(=O)[O-]. The summed E-state index contributed by atoms with van der Waals surface area (Å²) in [6, 6.07) is -1.63. The molecule has 0 bridgehead atoms. The Bertz CT molecular complexity index is 994. The molecule has 0 saturated carbocycles. The average molecular weight is 665 g/mol. The van der Waals surface area contributed by atoms with Gasteiger partial charge in [-0.3, -0.25) is 4.79 Å². The maximum absolute atomic E-state index is 11.7. The molecule has 0 fully saturated rings. The molecule has 0 spiro atoms. The van der Waals surface area contributed by atoms with Crippen LogP contribution >= 0.6 is 0 Å². The van der Waals surface area contributed by atoms with Gasteiger partial charge in [-0.05, 0) is 77.0 Å². The van der Waals surface area contributed by atoms with Gasteiger partial charge in [-0.1, -0.05) is 79.8 Å². The predicted octanol–water partition coefficient (Wildman–Crippen LogP) is -1.11. The van der Waals surface area contributed by atoms with Gasteiger partial charge in [-0.2, -0.15) is 0 Å². The molecule has 268 valence electrons. The molecule has 0 aliphatic carbocycles. The van der Waals surface area contributed by atoms with E-state index in [0.717, 1.165) is 38.8 Å². The fourth-order valence-electron chi connectivity index (χ4n) is 3.82. The lowest BCUT2D eigenvalue weighted by atomic mass is 10.1. The molecule has 5 atom stereocenters. The van der Waals surface area contributed by atoms with E-state index >= 15 is 0 Å². The topological polar surface area (TPSA) is 251 Å². The first-order chi connectivity index (χ1) is 22.5. The number of carboxylic acid groups (broad SMARTS) is 2. The van der Waals surface area contributed by atoms with Crippen molar-refractivity contribution in [2.24, 2.45) is 5.73 Å². The van der Waals surface area contributed by atoms with Crippen molar-refractivity contribution in [3.8, 4) is 0 Å². The van der Waals surface area contributed by atoms with E-state index in [2.05, 4.69) is 16.8 Å². The molecule has 1 amide bonds. The minimum absolute atomic E-state index is 0.0517. The molecular weight excluding hydrogens is 604 g/mol. The zero-order valence-electron chi connectivity index (χ0n) is 28.1. The number of aliphatic carboxylic acids is 2. The van der Waals surface area contributed by atoms with Crippen molar-refractivity contribution in [3.05, 3.63) is 72.9 Å². The smallest absolute Gasteiger partial charge is 0.237 e. The van der Waals surface area contributed by atoms with E-state index in [1.807, 2.05) is 31.2 Å². The zero-order chi connectivity index (χ0) is 35.7. The van der Waals surface area contributed by atoms with Crippen LogP contribution in [0, 0.1) is 0 Å². The Morgan fingerprint density at radius 3 is 1.91 bits per heavy atom. The van der Waals surface area contributed by atoms with Crippen LogP contribution < -0.4 is 32.7 Å². The van der Waals surface area contributed by atoms with Gasteiger partial charge in [-0.25, -0.2) is 0 Å². The lowest BCUT2D eigenvalue weighted by molar-refractivity contribution is -0.369. The monoisotopic (exact) mass is 664 g/mol. The number of nitrogens with one attached hydrogen (secondary N) is 1. The number of rotatable bonds is 26. The van der Waals surface area contributed by atoms with E-state index in [1.54, 1.807) is 42.5 Å². The van der Waals surface area contributed by atoms with Crippen LogP contribution in [-0.4, -0.2) is 76.7 Å². The summed E-state index contributed by atoms with van der Waals surface area (Å²) in [5.74, 6) is -2.73. The predicted molar refractivity (Wildman–Crippen MR) is 179 cm³/mol. The minimum atomic E-state index is -1.26. The molecule has 12 N–H and O–H groups in total. The Labute approximate surface area is 280 Å². The van der Waals surface area contributed by atoms with Crippen LogP contribution in [0.4, 0.5) is 0 Å². The summed E-state index contributed by atoms with van der Waals surface area (Å²) < 4.78 is 0. The van der Waals surface area contributed by atoms with E-state index in [1.165, 1.54) is 6.08 Å². The number of aliphatic hydroxyl groups is 3. The molecule has 47 heavy (non-hydrogen) atoms. The summed E-state index contributed by atoms with van der Waals surface area (Å²) in [6.45, 7) is 3.57. The van der Waals surface area contributed by atoms with Gasteiger partial charge < -0.3 is 57.6 Å². The summed E-state index contributed by atoms with van der Waals surface area (Å²) in [5, 5.41) is 52.9. The fourth-order valence-corrected chi connectivity index (χ4v) is 3.82. The van der Waals surface area contributed by atoms with Gasteiger partial charge in [0.1, 0.15) is 0 Å². The number of carbonyl (C=O) groups is 3. The first kappa shape index (κ1) is 45.7. The third-order valence-electron chi connectivity index (χ3n) is 6.61. The first-order valence-corrected chi connectivity index (χ1v) is 16.6. The van der Waals surface area contributed by atoms with Gasteiger partial charge in [0.05, 0.1) is 49.5 Å². The lowest BCUT2D eigenvalue weighted by Crippen LogP contribution is -2.53. The highest BCUT2D eigenvalue weighted by molar-refractivity contribution is 5.86. The van der Waals surface area contributed by atoms with Crippen molar-refractivity contribution in [2.45, 2.75) is 114 Å². The van der Waals surface area contributed by atoms with E-state index < -0.39 is 48.2 Å². The highest BCUT2D eigenvalue weighted by Crippen LogP contribution is 2.04. The van der Waals surface area contributed by atoms with E-state index in [4.69, 9.17) is 5.73 Å². The Kier molecular flexibility index (Phi) is 31.7. The fraction of sp³-hybridized carbons (Fsp3) is 0.571. The number of carboxylic acids is 2. The van der Waals surface area contributed by atoms with Gasteiger partial charge in [0.25, 0.3) is 0 Å². The van der Waals surface area contributed by atoms with Crippen molar-refractivity contribution in [3.63, 3.8) is 0 Å². The normalized spacial score (nSPS) is 15.4. The summed E-state index contributed by atoms with van der Waals surface area (Å²) in [5.41, 5.74) is 13.1. The average Bonchev–Trinajstić information content (AvgIpc) is 3.03. The Morgan fingerprint density at radius 2 is 1.34 bits per heavy atom. The van der Waals surface area contributed by atoms with Crippen molar-refractivity contribution in [1.82, 2.24) is 5.32 Å². The Balaban J connectivity index is 0.